The number of rotatable bonds is 12. The Labute approximate surface area is 244 Å². The number of carbonyl (C=O) groups excluding carboxylic acids is 1. The summed E-state index contributed by atoms with van der Waals surface area (Å²) in [5.41, 5.74) is 4.25. The number of phosphoric acid groups is 1. The molecule has 13 heteroatoms. The lowest BCUT2D eigenvalue weighted by atomic mass is 10.0. The molecule has 222 valence electrons. The van der Waals surface area contributed by atoms with E-state index in [1.807, 2.05) is 43.3 Å². The van der Waals surface area contributed by atoms with Crippen molar-refractivity contribution >= 4 is 30.5 Å². The molecule has 1 N–H and O–H groups in total. The predicted octanol–water partition coefficient (Wildman–Crippen LogP) is 4.92. The van der Waals surface area contributed by atoms with E-state index in [1.165, 1.54) is 18.1 Å². The second kappa shape index (κ2) is 13.4. The number of amides is 1. The first-order valence-corrected chi connectivity index (χ1v) is 14.7. The number of phosphoric ester groups is 1. The van der Waals surface area contributed by atoms with Crippen LogP contribution < -0.4 is 9.64 Å². The Morgan fingerprint density at radius 2 is 1.88 bits per heavy atom. The van der Waals surface area contributed by atoms with E-state index in [1.54, 1.807) is 62.5 Å². The standard InChI is InChI=1S/C29H35N6O6P/c1-7-40-42(37,38)41-20(2)35-19-26(21-10-11-31-27(15-21)39-6)25-14-23(17-32-29(25)35)22-13-24(18-30-16-22)34(5)28(36)9-8-12-33(3)4/h8-11,13-20H,7,12H2,1-6H3,(H,37,38). The summed E-state index contributed by atoms with van der Waals surface area (Å²) in [6, 6.07) is 7.45. The molecule has 42 heavy (non-hydrogen) atoms. The van der Waals surface area contributed by atoms with Gasteiger partial charge in [-0.3, -0.25) is 18.8 Å². The third-order valence-electron chi connectivity index (χ3n) is 6.40. The fourth-order valence-corrected chi connectivity index (χ4v) is 5.17. The van der Waals surface area contributed by atoms with Gasteiger partial charge in [0.25, 0.3) is 0 Å². The van der Waals surface area contributed by atoms with Crippen LogP contribution in [0, 0.1) is 0 Å². The summed E-state index contributed by atoms with van der Waals surface area (Å²) >= 11 is 0. The lowest BCUT2D eigenvalue weighted by Gasteiger charge is -2.19. The van der Waals surface area contributed by atoms with Crippen LogP contribution in [-0.2, 0) is 18.4 Å². The average Bonchev–Trinajstić information content (AvgIpc) is 3.35. The van der Waals surface area contributed by atoms with E-state index in [4.69, 9.17) is 18.8 Å². The van der Waals surface area contributed by atoms with Crippen LogP contribution in [0.1, 0.15) is 20.1 Å². The summed E-state index contributed by atoms with van der Waals surface area (Å²) in [5, 5.41) is 0.752. The number of methoxy groups -OCH3 is 1. The summed E-state index contributed by atoms with van der Waals surface area (Å²) in [4.78, 5) is 39.6. The monoisotopic (exact) mass is 594 g/mol. The van der Waals surface area contributed by atoms with Crippen molar-refractivity contribution in [1.29, 1.82) is 0 Å². The van der Waals surface area contributed by atoms with Gasteiger partial charge in [0, 0.05) is 72.6 Å². The van der Waals surface area contributed by atoms with Crippen molar-refractivity contribution in [2.24, 2.45) is 0 Å². The number of fused-ring (bicyclic) bond motifs is 1. The first-order valence-electron chi connectivity index (χ1n) is 13.2. The number of hydrogen-bond acceptors (Lipinski definition) is 9. The molecule has 1 amide bonds. The van der Waals surface area contributed by atoms with Gasteiger partial charge in [-0.15, -0.1) is 0 Å². The zero-order valence-electron chi connectivity index (χ0n) is 24.5. The molecule has 12 nitrogen and oxygen atoms in total. The number of aromatic nitrogens is 4. The molecule has 2 atom stereocenters. The van der Waals surface area contributed by atoms with E-state index in [0.29, 0.717) is 23.8 Å². The minimum atomic E-state index is -4.29. The third kappa shape index (κ3) is 7.28. The van der Waals surface area contributed by atoms with Crippen molar-refractivity contribution in [2.75, 3.05) is 46.3 Å². The predicted molar refractivity (Wildman–Crippen MR) is 161 cm³/mol. The van der Waals surface area contributed by atoms with Crippen LogP contribution in [-0.4, -0.2) is 76.6 Å². The van der Waals surface area contributed by atoms with Crippen molar-refractivity contribution in [2.45, 2.75) is 20.1 Å². The van der Waals surface area contributed by atoms with Crippen LogP contribution >= 0.6 is 7.82 Å². The lowest BCUT2D eigenvalue weighted by molar-refractivity contribution is -0.113. The maximum Gasteiger partial charge on any atom is 0.474 e. The Hall–Kier alpha value is -3.93. The molecule has 0 aliphatic carbocycles. The Balaban J connectivity index is 1.77. The highest BCUT2D eigenvalue weighted by Crippen LogP contribution is 2.47. The molecule has 0 aliphatic rings. The average molecular weight is 595 g/mol. The van der Waals surface area contributed by atoms with Crippen molar-refractivity contribution in [1.82, 2.24) is 24.4 Å². The molecule has 0 aromatic carbocycles. The number of likely N-dealkylation sites (N-methyl/N-ethyl adjacent to an activating group) is 2. The molecular weight excluding hydrogens is 559 g/mol. The van der Waals surface area contributed by atoms with Crippen molar-refractivity contribution in [3.8, 4) is 28.1 Å². The van der Waals surface area contributed by atoms with Crippen LogP contribution in [0.3, 0.4) is 0 Å². The molecule has 0 saturated carbocycles. The number of hydrogen-bond donors (Lipinski definition) is 1. The largest absolute Gasteiger partial charge is 0.481 e. The van der Waals surface area contributed by atoms with Gasteiger partial charge in [0.2, 0.25) is 11.8 Å². The number of pyridine rings is 3. The highest BCUT2D eigenvalue weighted by molar-refractivity contribution is 7.47. The van der Waals surface area contributed by atoms with E-state index < -0.39 is 14.1 Å². The van der Waals surface area contributed by atoms with Gasteiger partial charge in [0.05, 0.1) is 25.6 Å². The molecular formula is C29H35N6O6P. The van der Waals surface area contributed by atoms with E-state index in [9.17, 15) is 14.3 Å². The first kappa shape index (κ1) is 31.0. The fourth-order valence-electron chi connectivity index (χ4n) is 4.29. The molecule has 4 aromatic heterocycles. The minimum absolute atomic E-state index is 0.0247. The Morgan fingerprint density at radius 3 is 2.60 bits per heavy atom. The van der Waals surface area contributed by atoms with Crippen molar-refractivity contribution in [3.05, 3.63) is 67.4 Å². The highest BCUT2D eigenvalue weighted by atomic mass is 31.2. The summed E-state index contributed by atoms with van der Waals surface area (Å²) in [6.07, 6.45) is 10.9. The van der Waals surface area contributed by atoms with Gasteiger partial charge in [-0.1, -0.05) is 6.08 Å². The van der Waals surface area contributed by atoms with Crippen LogP contribution in [0.25, 0.3) is 33.3 Å². The molecule has 0 bridgehead atoms. The van der Waals surface area contributed by atoms with Crippen molar-refractivity contribution < 1.29 is 28.0 Å². The third-order valence-corrected chi connectivity index (χ3v) is 7.56. The topological polar surface area (TPSA) is 132 Å². The minimum Gasteiger partial charge on any atom is -0.481 e. The summed E-state index contributed by atoms with van der Waals surface area (Å²) in [5.74, 6) is 0.264. The van der Waals surface area contributed by atoms with Gasteiger partial charge in [-0.2, -0.15) is 0 Å². The summed E-state index contributed by atoms with van der Waals surface area (Å²) in [7, 11) is 2.81. The Bertz CT molecular complexity index is 1640. The molecule has 4 rings (SSSR count). The fraction of sp³-hybridized carbons (Fsp3) is 0.310. The molecule has 0 saturated heterocycles. The van der Waals surface area contributed by atoms with Crippen LogP contribution in [0.15, 0.2) is 67.4 Å². The molecule has 0 aliphatic heterocycles. The van der Waals surface area contributed by atoms with Crippen LogP contribution in [0.2, 0.25) is 0 Å². The SMILES string of the molecule is CCOP(=O)(O)OC(C)n1cc(-c2ccnc(OC)c2)c2cc(-c3cncc(N(C)C(=O)C=CCN(C)C)c3)cnc21. The molecule has 0 spiro atoms. The first-order chi connectivity index (χ1) is 20.0. The Kier molecular flexibility index (Phi) is 9.87. The van der Waals surface area contributed by atoms with Gasteiger partial charge in [0.1, 0.15) is 11.9 Å². The number of ether oxygens (including phenoxy) is 1. The van der Waals surface area contributed by atoms with E-state index in [-0.39, 0.29) is 12.5 Å². The van der Waals surface area contributed by atoms with Crippen LogP contribution in [0.4, 0.5) is 5.69 Å². The molecule has 4 heterocycles. The van der Waals surface area contributed by atoms with E-state index >= 15 is 0 Å². The van der Waals surface area contributed by atoms with Gasteiger partial charge in [-0.05, 0) is 51.7 Å². The smallest absolute Gasteiger partial charge is 0.474 e. The second-order valence-corrected chi connectivity index (χ2v) is 11.1. The second-order valence-electron chi connectivity index (χ2n) is 9.72. The van der Waals surface area contributed by atoms with E-state index in [2.05, 4.69) is 9.97 Å². The quantitative estimate of drug-likeness (QED) is 0.178. The van der Waals surface area contributed by atoms with E-state index in [0.717, 1.165) is 27.6 Å². The maximum atomic E-state index is 12.7. The Morgan fingerprint density at radius 1 is 1.12 bits per heavy atom. The lowest BCUT2D eigenvalue weighted by Crippen LogP contribution is -2.24. The number of nitrogens with zero attached hydrogens (tertiary/aromatic N) is 6. The zero-order valence-corrected chi connectivity index (χ0v) is 25.4. The number of anilines is 1. The summed E-state index contributed by atoms with van der Waals surface area (Å²) in [6.45, 7) is 3.93. The molecule has 4 aromatic rings. The summed E-state index contributed by atoms with van der Waals surface area (Å²) < 4.78 is 29.7. The molecule has 0 radical (unpaired) electrons. The number of carbonyl (C=O) groups is 1. The molecule has 2 unspecified atom stereocenters. The zero-order chi connectivity index (χ0) is 30.4. The highest BCUT2D eigenvalue weighted by Gasteiger charge is 2.26. The molecule has 0 fully saturated rings. The van der Waals surface area contributed by atoms with Crippen molar-refractivity contribution in [3.63, 3.8) is 0 Å². The normalized spacial score (nSPS) is 13.9. The van der Waals surface area contributed by atoms with Gasteiger partial charge in [0.15, 0.2) is 0 Å². The van der Waals surface area contributed by atoms with Gasteiger partial charge < -0.3 is 24.0 Å². The van der Waals surface area contributed by atoms with Crippen LogP contribution in [0.5, 0.6) is 5.88 Å². The van der Waals surface area contributed by atoms with Gasteiger partial charge >= 0.3 is 7.82 Å². The maximum absolute atomic E-state index is 12.7. The van der Waals surface area contributed by atoms with Gasteiger partial charge in [-0.25, -0.2) is 14.5 Å².